The van der Waals surface area contributed by atoms with Gasteiger partial charge >= 0.3 is 0 Å². The monoisotopic (exact) mass is 206 g/mol. The first kappa shape index (κ1) is 13.0. The Kier molecular flexibility index (Phi) is 10.1. The van der Waals surface area contributed by atoms with E-state index in [0.29, 0.717) is 19.8 Å². The molecule has 0 aromatic rings. The summed E-state index contributed by atoms with van der Waals surface area (Å²) in [7, 11) is 2.46. The van der Waals surface area contributed by atoms with Crippen molar-refractivity contribution in [3.05, 3.63) is 12.7 Å². The number of hydrogen-bond acceptors (Lipinski definition) is 4. The van der Waals surface area contributed by atoms with Crippen LogP contribution in [0.15, 0.2) is 12.7 Å². The minimum atomic E-state index is -0.255. The largest absolute Gasteiger partial charge is 0.348 e. The summed E-state index contributed by atoms with van der Waals surface area (Å²) in [5, 5.41) is 3.11. The van der Waals surface area contributed by atoms with E-state index in [0.717, 1.165) is 13.1 Å². The van der Waals surface area contributed by atoms with Gasteiger partial charge in [0.25, 0.3) is 0 Å². The summed E-state index contributed by atoms with van der Waals surface area (Å²) >= 11 is 0. The van der Waals surface area contributed by atoms with Gasteiger partial charge in [0.2, 0.25) is 0 Å². The first-order valence-electron chi connectivity index (χ1n) is 4.31. The summed E-state index contributed by atoms with van der Waals surface area (Å²) in [6, 6.07) is -0.255. The third-order valence-corrected chi connectivity index (χ3v) is 1.63. The number of hydrogen-bond donors (Lipinski definition) is 2. The van der Waals surface area contributed by atoms with Gasteiger partial charge in [-0.3, -0.25) is 0 Å². The van der Waals surface area contributed by atoms with E-state index in [1.165, 1.54) is 0 Å². The molecule has 0 aliphatic rings. The molecule has 0 aromatic heterocycles. The molecule has 0 radical (unpaired) electrons. The Morgan fingerprint density at radius 3 is 2.77 bits per heavy atom. The van der Waals surface area contributed by atoms with Gasteiger partial charge < -0.3 is 20.5 Å². The molecule has 78 valence electrons. The Hall–Kier alpha value is 0.0100. The van der Waals surface area contributed by atoms with Gasteiger partial charge in [0.1, 0.15) is 0 Å². The third kappa shape index (κ3) is 9.93. The van der Waals surface area contributed by atoms with E-state index in [-0.39, 0.29) is 6.03 Å². The molecule has 4 nitrogen and oxygen atoms in total. The van der Waals surface area contributed by atoms with Crippen molar-refractivity contribution in [3.8, 4) is 0 Å². The fourth-order valence-electron chi connectivity index (χ4n) is 0.684. The molecule has 0 spiro atoms. The minimum Gasteiger partial charge on any atom is -0.348 e. The second kappa shape index (κ2) is 10.1. The van der Waals surface area contributed by atoms with E-state index in [2.05, 4.69) is 21.1 Å². The maximum atomic E-state index is 5.28. The molecule has 0 aliphatic heterocycles. The second-order valence-electron chi connectivity index (χ2n) is 2.39. The van der Waals surface area contributed by atoms with Crippen LogP contribution in [0.2, 0.25) is 0 Å². The summed E-state index contributed by atoms with van der Waals surface area (Å²) < 4.78 is 10.4. The molecule has 0 heterocycles. The molecule has 0 amide bonds. The van der Waals surface area contributed by atoms with Crippen LogP contribution in [-0.4, -0.2) is 38.9 Å². The molecule has 0 saturated heterocycles. The zero-order valence-electron chi connectivity index (χ0n) is 7.87. The van der Waals surface area contributed by atoms with Crippen molar-refractivity contribution in [3.63, 3.8) is 0 Å². The number of nitrogens with two attached hydrogens (primary N) is 1. The lowest BCUT2D eigenvalue weighted by molar-refractivity contribution is -0.0791. The molecule has 2 unspecified atom stereocenters. The summed E-state index contributed by atoms with van der Waals surface area (Å²) in [6.45, 7) is 6.84. The lowest BCUT2D eigenvalue weighted by atomic mass is 10.6. The van der Waals surface area contributed by atoms with Crippen LogP contribution < -0.4 is 11.1 Å². The van der Waals surface area contributed by atoms with Gasteiger partial charge in [0, 0.05) is 19.6 Å². The van der Waals surface area contributed by atoms with Crippen LogP contribution in [-0.2, 0) is 9.47 Å². The summed E-state index contributed by atoms with van der Waals surface area (Å²) in [4.78, 5) is 0. The van der Waals surface area contributed by atoms with Crippen molar-refractivity contribution >= 4 is 9.24 Å². The third-order valence-electron chi connectivity index (χ3n) is 1.25. The van der Waals surface area contributed by atoms with Gasteiger partial charge in [-0.1, -0.05) is 15.3 Å². The standard InChI is InChI=1S/C8H19N2O2P/c1-2-4-10-5-7-12-8(13)11-6-3-9/h2,8,10H,1,3-7,9,13H2. The molecule has 13 heavy (non-hydrogen) atoms. The van der Waals surface area contributed by atoms with Crippen molar-refractivity contribution in [2.75, 3.05) is 32.8 Å². The normalized spacial score (nSPS) is 12.8. The first-order chi connectivity index (χ1) is 6.31. The molecule has 0 bridgehead atoms. The van der Waals surface area contributed by atoms with Crippen LogP contribution in [0.25, 0.3) is 0 Å². The van der Waals surface area contributed by atoms with Crippen molar-refractivity contribution in [1.29, 1.82) is 0 Å². The van der Waals surface area contributed by atoms with Crippen LogP contribution in [0.5, 0.6) is 0 Å². The quantitative estimate of drug-likeness (QED) is 0.240. The van der Waals surface area contributed by atoms with Gasteiger partial charge in [-0.2, -0.15) is 0 Å². The van der Waals surface area contributed by atoms with Crippen LogP contribution in [0.1, 0.15) is 0 Å². The summed E-state index contributed by atoms with van der Waals surface area (Å²) in [5.74, 6) is 0. The maximum Gasteiger partial charge on any atom is 0.170 e. The van der Waals surface area contributed by atoms with Crippen LogP contribution in [0, 0.1) is 0 Å². The van der Waals surface area contributed by atoms with Gasteiger partial charge in [-0.15, -0.1) is 6.58 Å². The van der Waals surface area contributed by atoms with Crippen molar-refractivity contribution in [1.82, 2.24) is 5.32 Å². The zero-order chi connectivity index (χ0) is 9.94. The van der Waals surface area contributed by atoms with E-state index in [1.807, 2.05) is 6.08 Å². The average Bonchev–Trinajstić information content (AvgIpc) is 2.14. The Balaban J connectivity index is 3.07. The first-order valence-corrected chi connectivity index (χ1v) is 4.98. The molecular weight excluding hydrogens is 187 g/mol. The molecule has 0 aliphatic carbocycles. The SMILES string of the molecule is C=CCNCCOC(P)OCCN. The highest BCUT2D eigenvalue weighted by Crippen LogP contribution is 2.02. The number of rotatable bonds is 9. The lowest BCUT2D eigenvalue weighted by Crippen LogP contribution is -2.23. The molecule has 3 N–H and O–H groups in total. The van der Waals surface area contributed by atoms with E-state index >= 15 is 0 Å². The van der Waals surface area contributed by atoms with Gasteiger partial charge in [0.05, 0.1) is 13.2 Å². The van der Waals surface area contributed by atoms with Gasteiger partial charge in [-0.25, -0.2) is 0 Å². The fraction of sp³-hybridized carbons (Fsp3) is 0.750. The predicted molar refractivity (Wildman–Crippen MR) is 57.5 cm³/mol. The highest BCUT2D eigenvalue weighted by atomic mass is 31.0. The highest BCUT2D eigenvalue weighted by molar-refractivity contribution is 7.16. The Morgan fingerprint density at radius 2 is 2.15 bits per heavy atom. The molecular formula is C8H19N2O2P. The minimum absolute atomic E-state index is 0.255. The highest BCUT2D eigenvalue weighted by Gasteiger charge is 1.99. The Labute approximate surface area is 82.1 Å². The Morgan fingerprint density at radius 1 is 1.46 bits per heavy atom. The Bertz CT molecular complexity index is 125. The van der Waals surface area contributed by atoms with Gasteiger partial charge in [0.15, 0.2) is 6.03 Å². The second-order valence-corrected chi connectivity index (χ2v) is 2.94. The van der Waals surface area contributed by atoms with Crippen molar-refractivity contribution < 1.29 is 9.47 Å². The molecule has 5 heteroatoms. The number of nitrogens with one attached hydrogen (secondary N) is 1. The van der Waals surface area contributed by atoms with E-state index in [4.69, 9.17) is 15.2 Å². The van der Waals surface area contributed by atoms with Crippen LogP contribution >= 0.6 is 9.24 Å². The van der Waals surface area contributed by atoms with Crippen molar-refractivity contribution in [2.24, 2.45) is 5.73 Å². The molecule has 2 atom stereocenters. The zero-order valence-corrected chi connectivity index (χ0v) is 9.02. The number of ether oxygens (including phenoxy) is 2. The van der Waals surface area contributed by atoms with E-state index in [1.54, 1.807) is 0 Å². The van der Waals surface area contributed by atoms with Crippen molar-refractivity contribution in [2.45, 2.75) is 6.03 Å². The fourth-order valence-corrected chi connectivity index (χ4v) is 0.956. The predicted octanol–water partition coefficient (Wildman–Crippen LogP) is -0.0874. The van der Waals surface area contributed by atoms with E-state index < -0.39 is 0 Å². The van der Waals surface area contributed by atoms with E-state index in [9.17, 15) is 0 Å². The topological polar surface area (TPSA) is 56.5 Å². The molecule has 0 saturated carbocycles. The smallest absolute Gasteiger partial charge is 0.170 e. The molecule has 0 aromatic carbocycles. The van der Waals surface area contributed by atoms with Crippen LogP contribution in [0.4, 0.5) is 0 Å². The lowest BCUT2D eigenvalue weighted by Gasteiger charge is -2.13. The summed E-state index contributed by atoms with van der Waals surface area (Å²) in [6.07, 6.45) is 1.81. The maximum absolute atomic E-state index is 5.28. The van der Waals surface area contributed by atoms with Gasteiger partial charge in [-0.05, 0) is 0 Å². The average molecular weight is 206 g/mol. The summed E-state index contributed by atoms with van der Waals surface area (Å²) in [5.41, 5.74) is 5.26. The molecule has 0 fully saturated rings. The molecule has 0 rings (SSSR count). The van der Waals surface area contributed by atoms with Crippen LogP contribution in [0.3, 0.4) is 0 Å².